The predicted molar refractivity (Wildman–Crippen MR) is 89.2 cm³/mol. The summed E-state index contributed by atoms with van der Waals surface area (Å²) in [5, 5.41) is 3.49. The molecule has 1 N–H and O–H groups in total. The van der Waals surface area contributed by atoms with Crippen molar-refractivity contribution in [3.8, 4) is 5.75 Å². The molecular weight excluding hydrogens is 262 g/mol. The van der Waals surface area contributed by atoms with E-state index in [1.807, 2.05) is 7.05 Å². The third-order valence-corrected chi connectivity index (χ3v) is 4.54. The molecule has 1 unspecified atom stereocenters. The third-order valence-electron chi connectivity index (χ3n) is 4.54. The Balaban J connectivity index is 3.35. The van der Waals surface area contributed by atoms with Crippen molar-refractivity contribution < 1.29 is 9.47 Å². The van der Waals surface area contributed by atoms with E-state index >= 15 is 0 Å². The van der Waals surface area contributed by atoms with Crippen LogP contribution in [0.2, 0.25) is 0 Å². The Morgan fingerprint density at radius 1 is 1.10 bits per heavy atom. The molecule has 120 valence electrons. The zero-order chi connectivity index (χ0) is 16.0. The van der Waals surface area contributed by atoms with E-state index in [1.165, 1.54) is 11.1 Å². The highest BCUT2D eigenvalue weighted by atomic mass is 16.5. The number of benzene rings is 1. The lowest BCUT2D eigenvalue weighted by molar-refractivity contribution is -0.0719. The van der Waals surface area contributed by atoms with Gasteiger partial charge in [-0.1, -0.05) is 19.9 Å². The summed E-state index contributed by atoms with van der Waals surface area (Å²) in [5.41, 5.74) is 3.53. The van der Waals surface area contributed by atoms with Crippen molar-refractivity contribution in [3.63, 3.8) is 0 Å². The predicted octanol–water partition coefficient (Wildman–Crippen LogP) is 4.17. The van der Waals surface area contributed by atoms with Gasteiger partial charge in [0, 0.05) is 6.61 Å². The molecule has 0 saturated carbocycles. The van der Waals surface area contributed by atoms with Crippen molar-refractivity contribution in [2.75, 3.05) is 20.8 Å². The van der Waals surface area contributed by atoms with Crippen LogP contribution in [0.25, 0.3) is 0 Å². The van der Waals surface area contributed by atoms with Crippen molar-refractivity contribution in [2.24, 2.45) is 0 Å². The van der Waals surface area contributed by atoms with Crippen LogP contribution in [0, 0.1) is 13.8 Å². The van der Waals surface area contributed by atoms with Crippen LogP contribution in [0.15, 0.2) is 12.1 Å². The van der Waals surface area contributed by atoms with Crippen molar-refractivity contribution in [3.05, 3.63) is 28.8 Å². The topological polar surface area (TPSA) is 30.5 Å². The van der Waals surface area contributed by atoms with Gasteiger partial charge >= 0.3 is 0 Å². The summed E-state index contributed by atoms with van der Waals surface area (Å²) < 4.78 is 11.6. The molecule has 1 rings (SSSR count). The molecular formula is C18H31NO2. The summed E-state index contributed by atoms with van der Waals surface area (Å²) in [4.78, 5) is 0. The van der Waals surface area contributed by atoms with Gasteiger partial charge in [0.2, 0.25) is 0 Å². The van der Waals surface area contributed by atoms with Crippen molar-refractivity contribution in [1.82, 2.24) is 5.32 Å². The van der Waals surface area contributed by atoms with Crippen LogP contribution in [-0.4, -0.2) is 26.4 Å². The summed E-state index contributed by atoms with van der Waals surface area (Å²) in [5.74, 6) is 0.945. The molecule has 0 aliphatic rings. The van der Waals surface area contributed by atoms with Crippen molar-refractivity contribution in [1.29, 1.82) is 0 Å². The van der Waals surface area contributed by atoms with Crippen molar-refractivity contribution in [2.45, 2.75) is 59.1 Å². The molecule has 0 radical (unpaired) electrons. The first-order valence-corrected chi connectivity index (χ1v) is 7.95. The number of hydrogen-bond acceptors (Lipinski definition) is 3. The Bertz CT molecular complexity index is 453. The van der Waals surface area contributed by atoms with Crippen LogP contribution in [0.4, 0.5) is 0 Å². The molecule has 1 atom stereocenters. The number of nitrogens with one attached hydrogen (secondary N) is 1. The highest BCUT2D eigenvalue weighted by Crippen LogP contribution is 2.38. The molecule has 0 amide bonds. The smallest absolute Gasteiger partial charge is 0.122 e. The molecule has 0 bridgehead atoms. The molecule has 0 saturated heterocycles. The molecule has 1 aromatic rings. The molecule has 0 spiro atoms. The van der Waals surface area contributed by atoms with Gasteiger partial charge in [-0.05, 0) is 63.4 Å². The molecule has 0 fully saturated rings. The average molecular weight is 293 g/mol. The van der Waals surface area contributed by atoms with Gasteiger partial charge in [0.05, 0.1) is 18.8 Å². The Morgan fingerprint density at radius 3 is 2.14 bits per heavy atom. The number of likely N-dealkylation sites (N-methyl/N-ethyl adjacent to an activating group) is 1. The number of aryl methyl sites for hydroxylation is 2. The highest BCUT2D eigenvalue weighted by Gasteiger charge is 2.37. The van der Waals surface area contributed by atoms with Crippen molar-refractivity contribution >= 4 is 0 Å². The van der Waals surface area contributed by atoms with Gasteiger partial charge in [-0.3, -0.25) is 0 Å². The molecule has 0 aliphatic heterocycles. The maximum Gasteiger partial charge on any atom is 0.122 e. The molecule has 21 heavy (non-hydrogen) atoms. The molecule has 3 nitrogen and oxygen atoms in total. The van der Waals surface area contributed by atoms with Gasteiger partial charge in [-0.2, -0.15) is 0 Å². The van der Waals surface area contributed by atoms with Gasteiger partial charge in [-0.15, -0.1) is 0 Å². The molecule has 0 aliphatic carbocycles. The molecule has 0 heterocycles. The number of rotatable bonds is 8. The lowest BCUT2D eigenvalue weighted by Crippen LogP contribution is -2.44. The van der Waals surface area contributed by atoms with E-state index in [1.54, 1.807) is 7.11 Å². The van der Waals surface area contributed by atoms with Crippen LogP contribution in [-0.2, 0) is 4.74 Å². The number of hydrogen-bond donors (Lipinski definition) is 1. The summed E-state index contributed by atoms with van der Waals surface area (Å²) >= 11 is 0. The van der Waals surface area contributed by atoms with Crippen LogP contribution in [0.3, 0.4) is 0 Å². The maximum atomic E-state index is 6.19. The van der Waals surface area contributed by atoms with Gasteiger partial charge in [0.1, 0.15) is 5.75 Å². The van der Waals surface area contributed by atoms with Crippen LogP contribution < -0.4 is 10.1 Å². The highest BCUT2D eigenvalue weighted by molar-refractivity contribution is 5.43. The second-order valence-corrected chi connectivity index (χ2v) is 5.60. The minimum Gasteiger partial charge on any atom is -0.496 e. The van der Waals surface area contributed by atoms with Gasteiger partial charge in [0.25, 0.3) is 0 Å². The number of methoxy groups -OCH3 is 1. The van der Waals surface area contributed by atoms with E-state index in [4.69, 9.17) is 9.47 Å². The Kier molecular flexibility index (Phi) is 6.69. The second kappa shape index (κ2) is 7.81. The Morgan fingerprint density at radius 2 is 1.71 bits per heavy atom. The lowest BCUT2D eigenvalue weighted by Gasteiger charge is -2.40. The summed E-state index contributed by atoms with van der Waals surface area (Å²) in [6, 6.07) is 4.53. The van der Waals surface area contributed by atoms with Crippen LogP contribution >= 0.6 is 0 Å². The fourth-order valence-electron chi connectivity index (χ4n) is 3.28. The zero-order valence-electron chi connectivity index (χ0n) is 14.7. The summed E-state index contributed by atoms with van der Waals surface area (Å²) in [6.45, 7) is 11.4. The quantitative estimate of drug-likeness (QED) is 0.780. The number of ether oxygens (including phenoxy) is 2. The summed E-state index contributed by atoms with van der Waals surface area (Å²) in [7, 11) is 3.74. The SMILES string of the molecule is CCOC(CC)(CC)C(NC)c1cc(C)c(OC)cc1C. The van der Waals surface area contributed by atoms with Gasteiger partial charge < -0.3 is 14.8 Å². The normalized spacial score (nSPS) is 13.3. The van der Waals surface area contributed by atoms with E-state index in [-0.39, 0.29) is 11.6 Å². The first-order valence-electron chi connectivity index (χ1n) is 7.95. The molecule has 1 aromatic carbocycles. The first kappa shape index (κ1) is 18.0. The Labute approximate surface area is 130 Å². The maximum absolute atomic E-state index is 6.19. The monoisotopic (exact) mass is 293 g/mol. The van der Waals surface area contributed by atoms with E-state index in [0.29, 0.717) is 0 Å². The van der Waals surface area contributed by atoms with E-state index in [0.717, 1.165) is 30.8 Å². The summed E-state index contributed by atoms with van der Waals surface area (Å²) in [6.07, 6.45) is 1.96. The second-order valence-electron chi connectivity index (χ2n) is 5.60. The first-order chi connectivity index (χ1) is 9.99. The van der Waals surface area contributed by atoms with Gasteiger partial charge in [0.15, 0.2) is 0 Å². The van der Waals surface area contributed by atoms with Crippen LogP contribution in [0.1, 0.15) is 56.3 Å². The third kappa shape index (κ3) is 3.58. The average Bonchev–Trinajstić information content (AvgIpc) is 2.49. The minimum atomic E-state index is -0.171. The fourth-order valence-corrected chi connectivity index (χ4v) is 3.28. The van der Waals surface area contributed by atoms with Crippen LogP contribution in [0.5, 0.6) is 5.75 Å². The largest absolute Gasteiger partial charge is 0.496 e. The Hall–Kier alpha value is -1.06. The van der Waals surface area contributed by atoms with E-state index in [2.05, 4.69) is 52.1 Å². The zero-order valence-corrected chi connectivity index (χ0v) is 14.7. The fraction of sp³-hybridized carbons (Fsp3) is 0.667. The lowest BCUT2D eigenvalue weighted by atomic mass is 9.81. The van der Waals surface area contributed by atoms with E-state index in [9.17, 15) is 0 Å². The minimum absolute atomic E-state index is 0.171. The molecule has 3 heteroatoms. The standard InChI is InChI=1S/C18H31NO2/c1-8-18(9-2,21-10-3)17(19-6)15-11-14(5)16(20-7)12-13(15)4/h11-12,17,19H,8-10H2,1-7H3. The van der Waals surface area contributed by atoms with Gasteiger partial charge in [-0.25, -0.2) is 0 Å². The van der Waals surface area contributed by atoms with E-state index < -0.39 is 0 Å². The molecule has 0 aromatic heterocycles.